The van der Waals surface area contributed by atoms with Gasteiger partial charge in [0.1, 0.15) is 0 Å². The van der Waals surface area contributed by atoms with E-state index in [4.69, 9.17) is 9.84 Å². The molecule has 0 radical (unpaired) electrons. The van der Waals surface area contributed by atoms with Crippen LogP contribution in [0.2, 0.25) is 0 Å². The van der Waals surface area contributed by atoms with Crippen LogP contribution in [0.5, 0.6) is 0 Å². The van der Waals surface area contributed by atoms with Crippen LogP contribution in [0, 0.1) is 17.8 Å². The zero-order chi connectivity index (χ0) is 15.7. The maximum Gasteiger partial charge on any atom is 0.314 e. The van der Waals surface area contributed by atoms with Crippen molar-refractivity contribution in [1.82, 2.24) is 10.6 Å². The number of carbonyl (C=O) groups is 2. The summed E-state index contributed by atoms with van der Waals surface area (Å²) in [5.41, 5.74) is 0. The topological polar surface area (TPSA) is 87.7 Å². The molecule has 0 aromatic heterocycles. The van der Waals surface area contributed by atoms with Crippen LogP contribution in [0.4, 0.5) is 4.79 Å². The SMILES string of the molecule is CC(C)C[C@H](CNC(=O)NCCC1CCOC1)CC(=O)O. The highest BCUT2D eigenvalue weighted by Gasteiger charge is 2.17. The summed E-state index contributed by atoms with van der Waals surface area (Å²) in [6.45, 7) is 6.76. The van der Waals surface area contributed by atoms with Crippen molar-refractivity contribution < 1.29 is 19.4 Å². The van der Waals surface area contributed by atoms with E-state index in [1.807, 2.05) is 0 Å². The van der Waals surface area contributed by atoms with E-state index < -0.39 is 5.97 Å². The van der Waals surface area contributed by atoms with Gasteiger partial charge in [-0.15, -0.1) is 0 Å². The molecular formula is C15H28N2O4. The molecule has 3 N–H and O–H groups in total. The average Bonchev–Trinajstić information content (AvgIpc) is 2.88. The molecule has 2 atom stereocenters. The molecule has 1 rings (SSSR count). The Balaban J connectivity index is 2.17. The van der Waals surface area contributed by atoms with Crippen LogP contribution >= 0.6 is 0 Å². The van der Waals surface area contributed by atoms with Crippen LogP contribution in [0.3, 0.4) is 0 Å². The zero-order valence-electron chi connectivity index (χ0n) is 13.1. The molecule has 0 spiro atoms. The fourth-order valence-corrected chi connectivity index (χ4v) is 2.65. The van der Waals surface area contributed by atoms with Crippen LogP contribution in [0.25, 0.3) is 0 Å². The van der Waals surface area contributed by atoms with Gasteiger partial charge in [0, 0.05) is 32.7 Å². The van der Waals surface area contributed by atoms with E-state index in [1.54, 1.807) is 0 Å². The molecule has 0 aromatic rings. The van der Waals surface area contributed by atoms with Gasteiger partial charge in [-0.1, -0.05) is 13.8 Å². The molecule has 0 aliphatic carbocycles. The van der Waals surface area contributed by atoms with Gasteiger partial charge in [0.2, 0.25) is 0 Å². The number of hydrogen-bond acceptors (Lipinski definition) is 3. The smallest absolute Gasteiger partial charge is 0.314 e. The third kappa shape index (κ3) is 8.55. The van der Waals surface area contributed by atoms with E-state index in [0.717, 1.165) is 32.5 Å². The van der Waals surface area contributed by atoms with E-state index in [0.29, 0.717) is 24.9 Å². The Morgan fingerprint density at radius 3 is 2.67 bits per heavy atom. The molecule has 122 valence electrons. The Morgan fingerprint density at radius 2 is 2.10 bits per heavy atom. The Labute approximate surface area is 126 Å². The van der Waals surface area contributed by atoms with Gasteiger partial charge >= 0.3 is 12.0 Å². The molecule has 1 saturated heterocycles. The van der Waals surface area contributed by atoms with Crippen molar-refractivity contribution >= 4 is 12.0 Å². The highest BCUT2D eigenvalue weighted by molar-refractivity contribution is 5.74. The summed E-state index contributed by atoms with van der Waals surface area (Å²) in [7, 11) is 0. The molecule has 21 heavy (non-hydrogen) atoms. The summed E-state index contributed by atoms with van der Waals surface area (Å²) in [4.78, 5) is 22.5. The lowest BCUT2D eigenvalue weighted by Gasteiger charge is -2.18. The molecule has 6 nitrogen and oxygen atoms in total. The maximum absolute atomic E-state index is 11.7. The van der Waals surface area contributed by atoms with Gasteiger partial charge in [-0.05, 0) is 37.0 Å². The number of urea groups is 1. The maximum atomic E-state index is 11.7. The van der Waals surface area contributed by atoms with Gasteiger partial charge in [0.05, 0.1) is 0 Å². The first-order valence-electron chi connectivity index (χ1n) is 7.78. The summed E-state index contributed by atoms with van der Waals surface area (Å²) in [6, 6.07) is -0.215. The molecule has 1 unspecified atom stereocenters. The second kappa shape index (κ2) is 9.60. The number of aliphatic carboxylic acids is 1. The van der Waals surface area contributed by atoms with Crippen molar-refractivity contribution in [2.24, 2.45) is 17.8 Å². The van der Waals surface area contributed by atoms with E-state index in [-0.39, 0.29) is 18.4 Å². The summed E-state index contributed by atoms with van der Waals surface area (Å²) in [5.74, 6) is 0.133. The predicted octanol–water partition coefficient (Wildman–Crippen LogP) is 1.85. The molecule has 6 heteroatoms. The van der Waals surface area contributed by atoms with Crippen LogP contribution in [-0.4, -0.2) is 43.4 Å². The zero-order valence-corrected chi connectivity index (χ0v) is 13.1. The number of carboxylic acid groups (broad SMARTS) is 1. The van der Waals surface area contributed by atoms with Crippen LogP contribution < -0.4 is 10.6 Å². The van der Waals surface area contributed by atoms with Gasteiger partial charge in [0.15, 0.2) is 0 Å². The number of carbonyl (C=O) groups excluding carboxylic acids is 1. The third-order valence-electron chi connectivity index (χ3n) is 3.68. The lowest BCUT2D eigenvalue weighted by molar-refractivity contribution is -0.138. The normalized spacial score (nSPS) is 19.5. The highest BCUT2D eigenvalue weighted by Crippen LogP contribution is 2.15. The Kier molecular flexibility index (Phi) is 8.12. The molecule has 1 fully saturated rings. The standard InChI is InChI=1S/C15H28N2O4/c1-11(2)7-13(8-14(18)19)9-17-15(20)16-5-3-12-4-6-21-10-12/h11-13H,3-10H2,1-2H3,(H,18,19)(H2,16,17,20)/t12?,13-/m0/s1. The van der Waals surface area contributed by atoms with Crippen LogP contribution in [-0.2, 0) is 9.53 Å². The van der Waals surface area contributed by atoms with Crippen LogP contribution in [0.15, 0.2) is 0 Å². The van der Waals surface area contributed by atoms with Crippen molar-refractivity contribution in [3.05, 3.63) is 0 Å². The number of carboxylic acids is 1. The monoisotopic (exact) mass is 300 g/mol. The average molecular weight is 300 g/mol. The summed E-state index contributed by atoms with van der Waals surface area (Å²) in [5, 5.41) is 14.5. The van der Waals surface area contributed by atoms with E-state index in [9.17, 15) is 9.59 Å². The summed E-state index contributed by atoms with van der Waals surface area (Å²) in [6.07, 6.45) is 2.89. The third-order valence-corrected chi connectivity index (χ3v) is 3.68. The van der Waals surface area contributed by atoms with Gasteiger partial charge in [-0.2, -0.15) is 0 Å². The number of rotatable bonds is 9. The molecule has 1 heterocycles. The Bertz CT molecular complexity index is 328. The van der Waals surface area contributed by atoms with E-state index >= 15 is 0 Å². The molecule has 0 bridgehead atoms. The molecule has 1 aliphatic heterocycles. The number of nitrogens with one attached hydrogen (secondary N) is 2. The fourth-order valence-electron chi connectivity index (χ4n) is 2.65. The lowest BCUT2D eigenvalue weighted by atomic mass is 9.94. The second-order valence-electron chi connectivity index (χ2n) is 6.25. The quantitative estimate of drug-likeness (QED) is 0.606. The minimum absolute atomic E-state index is 0.0171. The van der Waals surface area contributed by atoms with Gasteiger partial charge in [-0.25, -0.2) is 4.79 Å². The summed E-state index contributed by atoms with van der Waals surface area (Å²) >= 11 is 0. The number of hydrogen-bond donors (Lipinski definition) is 3. The summed E-state index contributed by atoms with van der Waals surface area (Å²) < 4.78 is 5.28. The predicted molar refractivity (Wildman–Crippen MR) is 80.1 cm³/mol. The first-order chi connectivity index (χ1) is 9.97. The van der Waals surface area contributed by atoms with Crippen molar-refractivity contribution in [3.8, 4) is 0 Å². The first-order valence-corrected chi connectivity index (χ1v) is 7.78. The van der Waals surface area contributed by atoms with Gasteiger partial charge in [-0.3, -0.25) is 4.79 Å². The highest BCUT2D eigenvalue weighted by atomic mass is 16.5. The van der Waals surface area contributed by atoms with Crippen molar-refractivity contribution in [1.29, 1.82) is 0 Å². The number of amides is 2. The van der Waals surface area contributed by atoms with Gasteiger partial charge < -0.3 is 20.5 Å². The molecule has 1 aliphatic rings. The van der Waals surface area contributed by atoms with E-state index in [1.165, 1.54) is 0 Å². The lowest BCUT2D eigenvalue weighted by Crippen LogP contribution is -2.39. The number of ether oxygens (including phenoxy) is 1. The Hall–Kier alpha value is -1.30. The minimum Gasteiger partial charge on any atom is -0.481 e. The van der Waals surface area contributed by atoms with Gasteiger partial charge in [0.25, 0.3) is 0 Å². The second-order valence-corrected chi connectivity index (χ2v) is 6.25. The van der Waals surface area contributed by atoms with Crippen LogP contribution in [0.1, 0.15) is 39.5 Å². The molecule has 0 aromatic carbocycles. The van der Waals surface area contributed by atoms with E-state index in [2.05, 4.69) is 24.5 Å². The fraction of sp³-hybridized carbons (Fsp3) is 0.867. The van der Waals surface area contributed by atoms with Crippen molar-refractivity contribution in [2.75, 3.05) is 26.3 Å². The minimum atomic E-state index is -0.816. The molecule has 2 amide bonds. The first kappa shape index (κ1) is 17.8. The van der Waals surface area contributed by atoms with Crippen molar-refractivity contribution in [3.63, 3.8) is 0 Å². The largest absolute Gasteiger partial charge is 0.481 e. The Morgan fingerprint density at radius 1 is 1.33 bits per heavy atom. The molecular weight excluding hydrogens is 272 g/mol. The van der Waals surface area contributed by atoms with Crippen molar-refractivity contribution in [2.45, 2.75) is 39.5 Å². The molecule has 0 saturated carbocycles.